The molecule has 4 aromatic rings. The standard InChI is InChI=1S/C25H23N3O3/c1-30-20-7-3-5-17(13-20)22-10-9-18(24-16-26-12-11-23(22)24)15-27-25(29)28-19-6-4-8-21(14-19)31-2/h3-14,16H,15H2,1-2H3,(H2,27,28,29). The van der Waals surface area contributed by atoms with Crippen LogP contribution in [0.3, 0.4) is 0 Å². The Morgan fingerprint density at radius 2 is 1.68 bits per heavy atom. The predicted octanol–water partition coefficient (Wildman–Crippen LogP) is 5.24. The summed E-state index contributed by atoms with van der Waals surface area (Å²) in [5, 5.41) is 7.80. The lowest BCUT2D eigenvalue weighted by Gasteiger charge is -2.13. The van der Waals surface area contributed by atoms with Crippen LogP contribution in [0, 0.1) is 0 Å². The minimum atomic E-state index is -0.290. The summed E-state index contributed by atoms with van der Waals surface area (Å²) >= 11 is 0. The molecule has 0 saturated carbocycles. The van der Waals surface area contributed by atoms with E-state index in [0.717, 1.165) is 33.2 Å². The summed E-state index contributed by atoms with van der Waals surface area (Å²) < 4.78 is 10.6. The summed E-state index contributed by atoms with van der Waals surface area (Å²) in [6, 6.07) is 21.0. The van der Waals surface area contributed by atoms with Crippen molar-refractivity contribution >= 4 is 22.5 Å². The second-order valence-electron chi connectivity index (χ2n) is 6.97. The molecule has 0 fully saturated rings. The molecule has 0 radical (unpaired) electrons. The van der Waals surface area contributed by atoms with Gasteiger partial charge in [-0.2, -0.15) is 0 Å². The molecule has 31 heavy (non-hydrogen) atoms. The second-order valence-corrected chi connectivity index (χ2v) is 6.97. The summed E-state index contributed by atoms with van der Waals surface area (Å²) in [4.78, 5) is 16.7. The van der Waals surface area contributed by atoms with Crippen LogP contribution >= 0.6 is 0 Å². The molecule has 0 aliphatic heterocycles. The number of methoxy groups -OCH3 is 2. The first-order valence-electron chi connectivity index (χ1n) is 9.87. The summed E-state index contributed by atoms with van der Waals surface area (Å²) in [6.45, 7) is 0.371. The highest BCUT2D eigenvalue weighted by Gasteiger charge is 2.10. The van der Waals surface area contributed by atoms with Gasteiger partial charge in [0.25, 0.3) is 0 Å². The molecule has 2 amide bonds. The fraction of sp³-hybridized carbons (Fsp3) is 0.120. The molecule has 1 heterocycles. The summed E-state index contributed by atoms with van der Waals surface area (Å²) in [7, 11) is 3.25. The normalized spacial score (nSPS) is 10.5. The first-order chi connectivity index (χ1) is 15.2. The Hall–Kier alpha value is -4.06. The van der Waals surface area contributed by atoms with Crippen LogP contribution in [-0.4, -0.2) is 25.2 Å². The Morgan fingerprint density at radius 1 is 0.903 bits per heavy atom. The Bertz CT molecular complexity index is 1220. The van der Waals surface area contributed by atoms with Crippen molar-refractivity contribution in [2.75, 3.05) is 19.5 Å². The van der Waals surface area contributed by atoms with Crippen molar-refractivity contribution in [3.8, 4) is 22.6 Å². The van der Waals surface area contributed by atoms with Gasteiger partial charge in [-0.3, -0.25) is 4.98 Å². The highest BCUT2D eigenvalue weighted by atomic mass is 16.5. The lowest BCUT2D eigenvalue weighted by molar-refractivity contribution is 0.252. The Kier molecular flexibility index (Phi) is 5.98. The van der Waals surface area contributed by atoms with Gasteiger partial charge in [0.15, 0.2) is 0 Å². The van der Waals surface area contributed by atoms with E-state index >= 15 is 0 Å². The Labute approximate surface area is 180 Å². The molecule has 6 heteroatoms. The second kappa shape index (κ2) is 9.17. The van der Waals surface area contributed by atoms with Crippen LogP contribution < -0.4 is 20.1 Å². The van der Waals surface area contributed by atoms with E-state index in [-0.39, 0.29) is 6.03 Å². The average molecular weight is 413 g/mol. The third-order valence-electron chi connectivity index (χ3n) is 5.06. The Balaban J connectivity index is 1.55. The molecule has 0 atom stereocenters. The number of nitrogens with zero attached hydrogens (tertiary/aromatic N) is 1. The number of ether oxygens (including phenoxy) is 2. The largest absolute Gasteiger partial charge is 0.497 e. The maximum absolute atomic E-state index is 12.4. The summed E-state index contributed by atoms with van der Waals surface area (Å²) in [6.07, 6.45) is 3.61. The van der Waals surface area contributed by atoms with Crippen LogP contribution in [-0.2, 0) is 6.54 Å². The van der Waals surface area contributed by atoms with Gasteiger partial charge in [-0.1, -0.05) is 30.3 Å². The Morgan fingerprint density at radius 3 is 2.48 bits per heavy atom. The van der Waals surface area contributed by atoms with Gasteiger partial charge in [-0.25, -0.2) is 4.79 Å². The van der Waals surface area contributed by atoms with E-state index < -0.39 is 0 Å². The molecule has 0 unspecified atom stereocenters. The van der Waals surface area contributed by atoms with Crippen molar-refractivity contribution in [1.29, 1.82) is 0 Å². The van der Waals surface area contributed by atoms with Crippen LogP contribution in [0.25, 0.3) is 21.9 Å². The number of pyridine rings is 1. The molecule has 0 aliphatic carbocycles. The molecular formula is C25H23N3O3. The lowest BCUT2D eigenvalue weighted by atomic mass is 9.96. The SMILES string of the molecule is COc1cccc(NC(=O)NCc2ccc(-c3cccc(OC)c3)c3ccncc23)c1. The van der Waals surface area contributed by atoms with Crippen LogP contribution in [0.1, 0.15) is 5.56 Å². The van der Waals surface area contributed by atoms with E-state index in [1.54, 1.807) is 26.5 Å². The summed E-state index contributed by atoms with van der Waals surface area (Å²) in [5.74, 6) is 1.49. The van der Waals surface area contributed by atoms with E-state index in [4.69, 9.17) is 9.47 Å². The minimum Gasteiger partial charge on any atom is -0.497 e. The zero-order valence-corrected chi connectivity index (χ0v) is 17.4. The number of benzene rings is 3. The van der Waals surface area contributed by atoms with Gasteiger partial charge >= 0.3 is 6.03 Å². The van der Waals surface area contributed by atoms with Crippen LogP contribution in [0.15, 0.2) is 79.1 Å². The van der Waals surface area contributed by atoms with Crippen LogP contribution in [0.5, 0.6) is 11.5 Å². The monoisotopic (exact) mass is 413 g/mol. The molecular weight excluding hydrogens is 390 g/mol. The lowest BCUT2D eigenvalue weighted by Crippen LogP contribution is -2.28. The number of carbonyl (C=O) groups excluding carboxylic acids is 1. The van der Waals surface area contributed by atoms with Gasteiger partial charge in [0.2, 0.25) is 0 Å². The molecule has 4 rings (SSSR count). The zero-order chi connectivity index (χ0) is 21.6. The van der Waals surface area contributed by atoms with E-state index in [1.165, 1.54) is 0 Å². The smallest absolute Gasteiger partial charge is 0.319 e. The van der Waals surface area contributed by atoms with Gasteiger partial charge < -0.3 is 20.1 Å². The average Bonchev–Trinajstić information content (AvgIpc) is 2.82. The number of amides is 2. The number of rotatable bonds is 6. The van der Waals surface area contributed by atoms with Gasteiger partial charge in [0.05, 0.1) is 14.2 Å². The summed E-state index contributed by atoms with van der Waals surface area (Å²) in [5.41, 5.74) is 3.79. The first kappa shape index (κ1) is 20.2. The van der Waals surface area contributed by atoms with Crippen molar-refractivity contribution in [3.63, 3.8) is 0 Å². The van der Waals surface area contributed by atoms with Gasteiger partial charge in [0.1, 0.15) is 11.5 Å². The minimum absolute atomic E-state index is 0.290. The third-order valence-corrected chi connectivity index (χ3v) is 5.06. The highest BCUT2D eigenvalue weighted by Crippen LogP contribution is 2.32. The number of nitrogens with one attached hydrogen (secondary N) is 2. The number of hydrogen-bond acceptors (Lipinski definition) is 4. The molecule has 3 aromatic carbocycles. The molecule has 0 saturated heterocycles. The van der Waals surface area contributed by atoms with E-state index in [1.807, 2.05) is 54.7 Å². The zero-order valence-electron chi connectivity index (χ0n) is 17.4. The van der Waals surface area contributed by atoms with Crippen LogP contribution in [0.4, 0.5) is 10.5 Å². The number of anilines is 1. The molecule has 2 N–H and O–H groups in total. The number of hydrogen-bond donors (Lipinski definition) is 2. The maximum Gasteiger partial charge on any atom is 0.319 e. The van der Waals surface area contributed by atoms with Gasteiger partial charge in [0, 0.05) is 36.1 Å². The first-order valence-corrected chi connectivity index (χ1v) is 9.87. The molecule has 0 bridgehead atoms. The third kappa shape index (κ3) is 4.59. The quantitative estimate of drug-likeness (QED) is 0.453. The molecule has 0 spiro atoms. The van der Waals surface area contributed by atoms with Crippen molar-refractivity contribution in [1.82, 2.24) is 10.3 Å². The van der Waals surface area contributed by atoms with Crippen molar-refractivity contribution in [3.05, 3.63) is 84.7 Å². The number of aromatic nitrogens is 1. The fourth-order valence-electron chi connectivity index (χ4n) is 3.50. The molecule has 0 aliphatic rings. The fourth-order valence-corrected chi connectivity index (χ4v) is 3.50. The number of carbonyl (C=O) groups is 1. The van der Waals surface area contributed by atoms with E-state index in [0.29, 0.717) is 18.0 Å². The van der Waals surface area contributed by atoms with Gasteiger partial charge in [-0.15, -0.1) is 0 Å². The topological polar surface area (TPSA) is 72.5 Å². The van der Waals surface area contributed by atoms with E-state index in [9.17, 15) is 4.79 Å². The van der Waals surface area contributed by atoms with Crippen molar-refractivity contribution in [2.45, 2.75) is 6.54 Å². The molecule has 156 valence electrons. The predicted molar refractivity (Wildman–Crippen MR) is 123 cm³/mol. The number of fused-ring (bicyclic) bond motifs is 1. The highest BCUT2D eigenvalue weighted by molar-refractivity contribution is 5.98. The van der Waals surface area contributed by atoms with Crippen molar-refractivity contribution in [2.24, 2.45) is 0 Å². The van der Waals surface area contributed by atoms with Gasteiger partial charge in [-0.05, 0) is 52.4 Å². The molecule has 1 aromatic heterocycles. The molecule has 6 nitrogen and oxygen atoms in total. The van der Waals surface area contributed by atoms with E-state index in [2.05, 4.69) is 27.8 Å². The number of urea groups is 1. The maximum atomic E-state index is 12.4. The van der Waals surface area contributed by atoms with Crippen LogP contribution in [0.2, 0.25) is 0 Å². The van der Waals surface area contributed by atoms with Crippen molar-refractivity contribution < 1.29 is 14.3 Å².